The Hall–Kier alpha value is -2.24. The molecule has 0 saturated carbocycles. The highest BCUT2D eigenvalue weighted by molar-refractivity contribution is 5.89. The minimum Gasteiger partial charge on any atom is -0.478 e. The summed E-state index contributed by atoms with van der Waals surface area (Å²) in [5.41, 5.74) is 1.25. The molecule has 0 spiro atoms. The number of likely N-dealkylation sites (tertiary alicyclic amines) is 1. The lowest BCUT2D eigenvalue weighted by molar-refractivity contribution is 0.0496. The summed E-state index contributed by atoms with van der Waals surface area (Å²) in [6.07, 6.45) is 1.79. The second-order valence-corrected chi connectivity index (χ2v) is 6.77. The Labute approximate surface area is 146 Å². The van der Waals surface area contributed by atoms with Crippen molar-refractivity contribution in [3.05, 3.63) is 71.0 Å². The van der Waals surface area contributed by atoms with Crippen LogP contribution in [0.25, 0.3) is 0 Å². The minimum absolute atomic E-state index is 0.277. The van der Waals surface area contributed by atoms with E-state index in [2.05, 4.69) is 4.90 Å². The molecular weight excluding hydrogens is 321 g/mol. The first-order chi connectivity index (χ1) is 12.0. The number of β-amino-alcohol motifs (C(OH)–C–C–N with tert-alkyl or cyclic N) is 1. The van der Waals surface area contributed by atoms with Gasteiger partial charge in [0.1, 0.15) is 5.82 Å². The van der Waals surface area contributed by atoms with Gasteiger partial charge in [0.2, 0.25) is 0 Å². The average Bonchev–Trinajstić information content (AvgIpc) is 2.96. The number of carboxylic acid groups (broad SMARTS) is 1. The van der Waals surface area contributed by atoms with Gasteiger partial charge in [-0.15, -0.1) is 0 Å². The van der Waals surface area contributed by atoms with Gasteiger partial charge in [-0.25, -0.2) is 9.18 Å². The third kappa shape index (κ3) is 4.44. The van der Waals surface area contributed by atoms with Gasteiger partial charge in [-0.2, -0.15) is 0 Å². The van der Waals surface area contributed by atoms with Crippen LogP contribution in [0.2, 0.25) is 0 Å². The fourth-order valence-corrected chi connectivity index (χ4v) is 3.48. The third-order valence-corrected chi connectivity index (χ3v) is 4.80. The number of hydrogen-bond acceptors (Lipinski definition) is 3. The standard InChI is InChI=1S/C20H22FNO3/c21-17-7-5-15(6-8-17)13-20(25)10-12-22(14-20)11-9-16-3-1-2-4-18(16)19(23)24/h1-8,25H,9-14H2,(H,23,24). The number of aliphatic hydroxyl groups is 1. The lowest BCUT2D eigenvalue weighted by Gasteiger charge is -2.24. The summed E-state index contributed by atoms with van der Waals surface area (Å²) < 4.78 is 13.0. The molecule has 3 rings (SSSR count). The van der Waals surface area contributed by atoms with Gasteiger partial charge in [0.05, 0.1) is 11.2 Å². The lowest BCUT2D eigenvalue weighted by Crippen LogP contribution is -2.36. The number of aromatic carboxylic acids is 1. The number of carboxylic acids is 1. The molecule has 0 aromatic heterocycles. The Morgan fingerprint density at radius 3 is 2.60 bits per heavy atom. The van der Waals surface area contributed by atoms with Gasteiger partial charge in [0.15, 0.2) is 0 Å². The van der Waals surface area contributed by atoms with E-state index in [1.165, 1.54) is 12.1 Å². The Morgan fingerprint density at radius 1 is 1.16 bits per heavy atom. The van der Waals surface area contributed by atoms with Gasteiger partial charge in [0.25, 0.3) is 0 Å². The third-order valence-electron chi connectivity index (χ3n) is 4.80. The zero-order valence-corrected chi connectivity index (χ0v) is 14.0. The van der Waals surface area contributed by atoms with Crippen LogP contribution in [-0.2, 0) is 12.8 Å². The molecule has 1 unspecified atom stereocenters. The Bertz CT molecular complexity index is 747. The van der Waals surface area contributed by atoms with Crippen LogP contribution in [-0.4, -0.2) is 46.3 Å². The summed E-state index contributed by atoms with van der Waals surface area (Å²) >= 11 is 0. The van der Waals surface area contributed by atoms with Crippen molar-refractivity contribution in [1.82, 2.24) is 4.90 Å². The molecule has 1 saturated heterocycles. The number of rotatable bonds is 6. The first-order valence-electron chi connectivity index (χ1n) is 8.46. The van der Waals surface area contributed by atoms with Crippen molar-refractivity contribution in [3.8, 4) is 0 Å². The maximum absolute atomic E-state index is 13.0. The van der Waals surface area contributed by atoms with Crippen LogP contribution >= 0.6 is 0 Å². The van der Waals surface area contributed by atoms with Crippen molar-refractivity contribution >= 4 is 5.97 Å². The molecule has 5 heteroatoms. The van der Waals surface area contributed by atoms with Gasteiger partial charge >= 0.3 is 5.97 Å². The zero-order valence-electron chi connectivity index (χ0n) is 14.0. The molecule has 1 aliphatic heterocycles. The highest BCUT2D eigenvalue weighted by atomic mass is 19.1. The van der Waals surface area contributed by atoms with Gasteiger partial charge in [-0.1, -0.05) is 30.3 Å². The number of nitrogens with zero attached hydrogens (tertiary/aromatic N) is 1. The Morgan fingerprint density at radius 2 is 1.88 bits per heavy atom. The van der Waals surface area contributed by atoms with Crippen LogP contribution in [0.3, 0.4) is 0 Å². The molecule has 1 aliphatic rings. The second-order valence-electron chi connectivity index (χ2n) is 6.77. The quantitative estimate of drug-likeness (QED) is 0.847. The van der Waals surface area contributed by atoms with Gasteiger partial charge in [-0.05, 0) is 42.2 Å². The molecule has 25 heavy (non-hydrogen) atoms. The molecule has 2 N–H and O–H groups in total. The van der Waals surface area contributed by atoms with Gasteiger partial charge < -0.3 is 15.1 Å². The fraction of sp³-hybridized carbons (Fsp3) is 0.350. The van der Waals surface area contributed by atoms with Crippen LogP contribution in [0.4, 0.5) is 4.39 Å². The van der Waals surface area contributed by atoms with Gasteiger partial charge in [0, 0.05) is 26.1 Å². The first kappa shape index (κ1) is 17.6. The number of benzene rings is 2. The van der Waals surface area contributed by atoms with E-state index < -0.39 is 11.6 Å². The van der Waals surface area contributed by atoms with Gasteiger partial charge in [-0.3, -0.25) is 0 Å². The molecule has 2 aromatic carbocycles. The molecule has 0 radical (unpaired) electrons. The van der Waals surface area contributed by atoms with Crippen LogP contribution in [0.1, 0.15) is 27.9 Å². The molecule has 1 fully saturated rings. The van der Waals surface area contributed by atoms with Crippen molar-refractivity contribution in [2.24, 2.45) is 0 Å². The summed E-state index contributed by atoms with van der Waals surface area (Å²) in [5, 5.41) is 20.0. The summed E-state index contributed by atoms with van der Waals surface area (Å²) in [4.78, 5) is 13.4. The highest BCUT2D eigenvalue weighted by Crippen LogP contribution is 2.26. The molecule has 0 bridgehead atoms. The summed E-state index contributed by atoms with van der Waals surface area (Å²) in [5.74, 6) is -1.19. The topological polar surface area (TPSA) is 60.8 Å². The number of hydrogen-bond donors (Lipinski definition) is 2. The van der Waals surface area contributed by atoms with Crippen LogP contribution in [0.15, 0.2) is 48.5 Å². The first-order valence-corrected chi connectivity index (χ1v) is 8.46. The van der Waals surface area contributed by atoms with E-state index in [1.54, 1.807) is 24.3 Å². The average molecular weight is 343 g/mol. The molecule has 2 aromatic rings. The van der Waals surface area contributed by atoms with Crippen LogP contribution in [0, 0.1) is 5.82 Å². The second kappa shape index (κ2) is 7.33. The normalized spacial score (nSPS) is 20.7. The van der Waals surface area contributed by atoms with Crippen molar-refractivity contribution < 1.29 is 19.4 Å². The maximum atomic E-state index is 13.0. The van der Waals surface area contributed by atoms with E-state index in [0.29, 0.717) is 37.9 Å². The molecule has 1 heterocycles. The van der Waals surface area contributed by atoms with E-state index in [1.807, 2.05) is 12.1 Å². The Balaban J connectivity index is 1.58. The number of halogens is 1. The maximum Gasteiger partial charge on any atom is 0.335 e. The summed E-state index contributed by atoms with van der Waals surface area (Å²) in [6.45, 7) is 2.02. The predicted octanol–water partition coefficient (Wildman–Crippen LogP) is 2.75. The van der Waals surface area contributed by atoms with Crippen molar-refractivity contribution in [3.63, 3.8) is 0 Å². The monoisotopic (exact) mass is 343 g/mol. The molecule has 0 amide bonds. The van der Waals surface area contributed by atoms with Crippen LogP contribution in [0.5, 0.6) is 0 Å². The molecule has 0 aliphatic carbocycles. The van der Waals surface area contributed by atoms with E-state index in [-0.39, 0.29) is 5.82 Å². The smallest absolute Gasteiger partial charge is 0.335 e. The van der Waals surface area contributed by atoms with Crippen LogP contribution < -0.4 is 0 Å². The summed E-state index contributed by atoms with van der Waals surface area (Å²) in [7, 11) is 0. The van der Waals surface area contributed by atoms with E-state index >= 15 is 0 Å². The minimum atomic E-state index is -0.912. The predicted molar refractivity (Wildman–Crippen MR) is 93.2 cm³/mol. The van der Waals surface area contributed by atoms with Crippen molar-refractivity contribution in [2.45, 2.75) is 24.9 Å². The number of carbonyl (C=O) groups is 1. The van der Waals surface area contributed by atoms with E-state index in [9.17, 15) is 19.4 Å². The summed E-state index contributed by atoms with van der Waals surface area (Å²) in [6, 6.07) is 13.3. The van der Waals surface area contributed by atoms with E-state index in [0.717, 1.165) is 17.7 Å². The van der Waals surface area contributed by atoms with Crippen molar-refractivity contribution in [2.75, 3.05) is 19.6 Å². The molecule has 4 nitrogen and oxygen atoms in total. The largest absolute Gasteiger partial charge is 0.478 e. The zero-order chi connectivity index (χ0) is 17.9. The molecule has 1 atom stereocenters. The Kier molecular flexibility index (Phi) is 5.16. The molecular formula is C20H22FNO3. The van der Waals surface area contributed by atoms with E-state index in [4.69, 9.17) is 0 Å². The molecule has 132 valence electrons. The van der Waals surface area contributed by atoms with Crippen molar-refractivity contribution in [1.29, 1.82) is 0 Å². The lowest BCUT2D eigenvalue weighted by atomic mass is 9.94. The fourth-order valence-electron chi connectivity index (χ4n) is 3.48. The SMILES string of the molecule is O=C(O)c1ccccc1CCN1CCC(O)(Cc2ccc(F)cc2)C1. The highest BCUT2D eigenvalue weighted by Gasteiger charge is 2.35.